The van der Waals surface area contributed by atoms with E-state index in [1.807, 2.05) is 74.8 Å². The molecular weight excluding hydrogens is 352 g/mol. The van der Waals surface area contributed by atoms with Gasteiger partial charge in [0.2, 0.25) is 5.91 Å². The van der Waals surface area contributed by atoms with Crippen molar-refractivity contribution in [3.63, 3.8) is 0 Å². The summed E-state index contributed by atoms with van der Waals surface area (Å²) >= 11 is 0. The lowest BCUT2D eigenvalue weighted by Gasteiger charge is -2.07. The number of rotatable bonds is 5. The molecule has 0 saturated heterocycles. The molecule has 2 aromatic heterocycles. The van der Waals surface area contributed by atoms with Crippen LogP contribution in [0.25, 0.3) is 16.6 Å². The van der Waals surface area contributed by atoms with Gasteiger partial charge in [-0.15, -0.1) is 0 Å². The Kier molecular flexibility index (Phi) is 4.61. The first-order chi connectivity index (χ1) is 13.6. The Bertz CT molecular complexity index is 1200. The number of fused-ring (bicyclic) bond motifs is 1. The SMILES string of the molecule is Cc1c(NC(=O)CCc2c[nH]c3ccccc23)c(=O)n(-c2ccccc2)n1C. The normalized spacial score (nSPS) is 11.1. The van der Waals surface area contributed by atoms with Gasteiger partial charge in [-0.25, -0.2) is 4.68 Å². The monoisotopic (exact) mass is 374 g/mol. The number of aryl methyl sites for hydroxylation is 1. The lowest BCUT2D eigenvalue weighted by molar-refractivity contribution is -0.116. The Morgan fingerprint density at radius 3 is 2.57 bits per heavy atom. The van der Waals surface area contributed by atoms with Gasteiger partial charge in [0.15, 0.2) is 0 Å². The van der Waals surface area contributed by atoms with Crippen molar-refractivity contribution >= 4 is 22.5 Å². The zero-order chi connectivity index (χ0) is 19.7. The van der Waals surface area contributed by atoms with Crippen LogP contribution in [-0.4, -0.2) is 20.3 Å². The summed E-state index contributed by atoms with van der Waals surface area (Å²) in [6, 6.07) is 17.4. The topological polar surface area (TPSA) is 71.8 Å². The van der Waals surface area contributed by atoms with Crippen LogP contribution in [0.1, 0.15) is 17.7 Å². The molecule has 0 bridgehead atoms. The van der Waals surface area contributed by atoms with Crippen molar-refractivity contribution in [2.24, 2.45) is 7.05 Å². The van der Waals surface area contributed by atoms with E-state index in [9.17, 15) is 9.59 Å². The minimum atomic E-state index is -0.230. The van der Waals surface area contributed by atoms with E-state index in [1.165, 1.54) is 0 Å². The van der Waals surface area contributed by atoms with Crippen LogP contribution in [0.2, 0.25) is 0 Å². The number of para-hydroxylation sites is 2. The van der Waals surface area contributed by atoms with Crippen LogP contribution in [0.3, 0.4) is 0 Å². The molecular formula is C22H22N4O2. The second-order valence-corrected chi connectivity index (χ2v) is 6.84. The van der Waals surface area contributed by atoms with Crippen molar-refractivity contribution in [2.75, 3.05) is 5.32 Å². The van der Waals surface area contributed by atoms with Gasteiger partial charge >= 0.3 is 0 Å². The highest BCUT2D eigenvalue weighted by atomic mass is 16.2. The zero-order valence-corrected chi connectivity index (χ0v) is 15.9. The fourth-order valence-corrected chi connectivity index (χ4v) is 3.50. The predicted molar refractivity (Wildman–Crippen MR) is 111 cm³/mol. The third-order valence-electron chi connectivity index (χ3n) is 5.11. The van der Waals surface area contributed by atoms with Crippen LogP contribution < -0.4 is 10.9 Å². The van der Waals surface area contributed by atoms with Gasteiger partial charge in [-0.1, -0.05) is 36.4 Å². The highest BCUT2D eigenvalue weighted by Crippen LogP contribution is 2.19. The van der Waals surface area contributed by atoms with Crippen LogP contribution in [0.5, 0.6) is 0 Å². The van der Waals surface area contributed by atoms with Crippen molar-refractivity contribution in [1.29, 1.82) is 0 Å². The fraction of sp³-hybridized carbons (Fsp3) is 0.182. The Labute approximate surface area is 162 Å². The number of H-pyrrole nitrogens is 1. The van der Waals surface area contributed by atoms with Gasteiger partial charge < -0.3 is 10.3 Å². The predicted octanol–water partition coefficient (Wildman–Crippen LogP) is 3.54. The van der Waals surface area contributed by atoms with E-state index in [-0.39, 0.29) is 11.5 Å². The highest BCUT2D eigenvalue weighted by molar-refractivity contribution is 5.92. The molecule has 0 aliphatic heterocycles. The van der Waals surface area contributed by atoms with Crippen molar-refractivity contribution in [3.8, 4) is 5.69 Å². The summed E-state index contributed by atoms with van der Waals surface area (Å²) in [5.74, 6) is -0.170. The summed E-state index contributed by atoms with van der Waals surface area (Å²) in [5, 5.41) is 3.94. The molecule has 4 rings (SSSR count). The average Bonchev–Trinajstić information content (AvgIpc) is 3.22. The van der Waals surface area contributed by atoms with Crippen molar-refractivity contribution < 1.29 is 4.79 Å². The van der Waals surface area contributed by atoms with E-state index in [4.69, 9.17) is 0 Å². The molecule has 2 heterocycles. The summed E-state index contributed by atoms with van der Waals surface area (Å²) in [7, 11) is 1.81. The molecule has 0 aliphatic rings. The van der Waals surface area contributed by atoms with Crippen LogP contribution in [-0.2, 0) is 18.3 Å². The number of nitrogens with one attached hydrogen (secondary N) is 2. The second kappa shape index (κ2) is 7.23. The minimum absolute atomic E-state index is 0.170. The number of carbonyl (C=O) groups is 1. The van der Waals surface area contributed by atoms with Crippen LogP contribution in [0.15, 0.2) is 65.6 Å². The molecule has 0 aliphatic carbocycles. The number of carbonyl (C=O) groups excluding carboxylic acids is 1. The third-order valence-corrected chi connectivity index (χ3v) is 5.11. The summed E-state index contributed by atoms with van der Waals surface area (Å²) in [4.78, 5) is 28.6. The molecule has 0 radical (unpaired) electrons. The molecule has 6 nitrogen and oxygen atoms in total. The Balaban J connectivity index is 1.53. The Morgan fingerprint density at radius 1 is 1.07 bits per heavy atom. The first-order valence-electron chi connectivity index (χ1n) is 9.25. The van der Waals surface area contributed by atoms with Gasteiger partial charge in [-0.3, -0.25) is 14.3 Å². The van der Waals surface area contributed by atoms with Gasteiger partial charge in [-0.2, -0.15) is 0 Å². The van der Waals surface area contributed by atoms with Gasteiger partial charge in [-0.05, 0) is 37.1 Å². The molecule has 6 heteroatoms. The van der Waals surface area contributed by atoms with Crippen molar-refractivity contribution in [3.05, 3.63) is 82.4 Å². The molecule has 0 unspecified atom stereocenters. The van der Waals surface area contributed by atoms with E-state index in [2.05, 4.69) is 10.3 Å². The summed E-state index contributed by atoms with van der Waals surface area (Å²) in [6.45, 7) is 1.83. The van der Waals surface area contributed by atoms with Crippen LogP contribution in [0, 0.1) is 6.92 Å². The number of anilines is 1. The minimum Gasteiger partial charge on any atom is -0.361 e. The number of aromatic nitrogens is 3. The second-order valence-electron chi connectivity index (χ2n) is 6.84. The Morgan fingerprint density at radius 2 is 1.79 bits per heavy atom. The molecule has 28 heavy (non-hydrogen) atoms. The molecule has 0 fully saturated rings. The van der Waals surface area contributed by atoms with Crippen molar-refractivity contribution in [2.45, 2.75) is 19.8 Å². The van der Waals surface area contributed by atoms with Crippen LogP contribution >= 0.6 is 0 Å². The molecule has 0 saturated carbocycles. The van der Waals surface area contributed by atoms with Gasteiger partial charge in [0.25, 0.3) is 5.56 Å². The standard InChI is InChI=1S/C22H22N4O2/c1-15-21(22(28)26(25(15)2)17-8-4-3-5-9-17)24-20(27)13-12-16-14-23-19-11-7-6-10-18(16)19/h3-11,14,23H,12-13H2,1-2H3,(H,24,27). The molecule has 2 aromatic carbocycles. The number of nitrogens with zero attached hydrogens (tertiary/aromatic N) is 2. The quantitative estimate of drug-likeness (QED) is 0.561. The molecule has 0 spiro atoms. The van der Waals surface area contributed by atoms with E-state index in [1.54, 1.807) is 9.36 Å². The smallest absolute Gasteiger partial charge is 0.295 e. The van der Waals surface area contributed by atoms with E-state index in [0.717, 1.165) is 22.2 Å². The van der Waals surface area contributed by atoms with Crippen LogP contribution in [0.4, 0.5) is 5.69 Å². The molecule has 2 N–H and O–H groups in total. The van der Waals surface area contributed by atoms with Gasteiger partial charge in [0.1, 0.15) is 5.69 Å². The summed E-state index contributed by atoms with van der Waals surface area (Å²) in [6.07, 6.45) is 2.85. The number of amides is 1. The Hall–Kier alpha value is -3.54. The first kappa shape index (κ1) is 17.9. The summed E-state index contributed by atoms with van der Waals surface area (Å²) < 4.78 is 3.32. The maximum Gasteiger partial charge on any atom is 0.295 e. The van der Waals surface area contributed by atoms with Crippen molar-refractivity contribution in [1.82, 2.24) is 14.3 Å². The maximum atomic E-state index is 12.9. The van der Waals surface area contributed by atoms with E-state index >= 15 is 0 Å². The third kappa shape index (κ3) is 3.13. The molecule has 4 aromatic rings. The largest absolute Gasteiger partial charge is 0.361 e. The highest BCUT2D eigenvalue weighted by Gasteiger charge is 2.18. The number of hydrogen-bond donors (Lipinski definition) is 2. The van der Waals surface area contributed by atoms with Gasteiger partial charge in [0.05, 0.1) is 11.4 Å². The molecule has 0 atom stereocenters. The molecule has 142 valence electrons. The summed E-state index contributed by atoms with van der Waals surface area (Å²) in [5.41, 5.74) is 3.73. The maximum absolute atomic E-state index is 12.9. The lowest BCUT2D eigenvalue weighted by Crippen LogP contribution is -2.23. The number of hydrogen-bond acceptors (Lipinski definition) is 2. The average molecular weight is 374 g/mol. The van der Waals surface area contributed by atoms with Gasteiger partial charge in [0, 0.05) is 30.6 Å². The molecule has 1 amide bonds. The lowest BCUT2D eigenvalue weighted by atomic mass is 10.1. The first-order valence-corrected chi connectivity index (χ1v) is 9.25. The number of benzene rings is 2. The van der Waals surface area contributed by atoms with E-state index < -0.39 is 0 Å². The number of aromatic amines is 1. The zero-order valence-electron chi connectivity index (χ0n) is 15.9. The fourth-order valence-electron chi connectivity index (χ4n) is 3.50. The van der Waals surface area contributed by atoms with E-state index in [0.29, 0.717) is 24.2 Å².